The van der Waals surface area contributed by atoms with Crippen molar-refractivity contribution in [1.29, 1.82) is 0 Å². The number of hydrogen-bond donors (Lipinski definition) is 2. The average Bonchev–Trinajstić information content (AvgIpc) is 2.55. The van der Waals surface area contributed by atoms with E-state index in [1.165, 1.54) is 35.0 Å². The zero-order valence-corrected chi connectivity index (χ0v) is 13.2. The van der Waals surface area contributed by atoms with Crippen molar-refractivity contribution >= 4 is 15.7 Å². The molecule has 9 nitrogen and oxygen atoms in total. The maximum absolute atomic E-state index is 12.1. The molecule has 1 aromatic carbocycles. The van der Waals surface area contributed by atoms with E-state index in [9.17, 15) is 28.4 Å². The first kappa shape index (κ1) is 17.8. The number of non-ortho nitro benzene ring substituents is 1. The summed E-state index contributed by atoms with van der Waals surface area (Å²) in [5, 5.41) is 20.6. The molecular weight excluding hydrogens is 338 g/mol. The Balaban J connectivity index is 2.05. The van der Waals surface area contributed by atoms with Gasteiger partial charge in [0.25, 0.3) is 11.2 Å². The number of aromatic nitrogens is 1. The van der Waals surface area contributed by atoms with Gasteiger partial charge in [-0.15, -0.1) is 0 Å². The molecule has 128 valence electrons. The van der Waals surface area contributed by atoms with Crippen LogP contribution in [0.5, 0.6) is 0 Å². The summed E-state index contributed by atoms with van der Waals surface area (Å²) in [7, 11) is -4.02. The predicted octanol–water partition coefficient (Wildman–Crippen LogP) is 0.0959. The number of aliphatic hydroxyl groups excluding tert-OH is 1. The Morgan fingerprint density at radius 2 is 2.00 bits per heavy atom. The number of nitro groups is 1. The molecule has 0 spiro atoms. The Hall–Kier alpha value is -2.56. The van der Waals surface area contributed by atoms with Crippen molar-refractivity contribution in [3.8, 4) is 0 Å². The van der Waals surface area contributed by atoms with Crippen LogP contribution in [0.1, 0.15) is 0 Å². The van der Waals surface area contributed by atoms with Crippen LogP contribution >= 0.6 is 0 Å². The number of nitro benzene ring substituents is 1. The molecule has 0 aliphatic carbocycles. The molecule has 0 fully saturated rings. The molecule has 1 aromatic heterocycles. The monoisotopic (exact) mass is 353 g/mol. The van der Waals surface area contributed by atoms with Crippen LogP contribution < -0.4 is 10.3 Å². The Labute approximate surface area is 137 Å². The highest BCUT2D eigenvalue weighted by atomic mass is 32.2. The Morgan fingerprint density at radius 1 is 1.25 bits per heavy atom. The van der Waals surface area contributed by atoms with E-state index in [1.54, 1.807) is 12.1 Å². The van der Waals surface area contributed by atoms with Crippen LogP contribution in [0.15, 0.2) is 58.4 Å². The van der Waals surface area contributed by atoms with E-state index in [0.29, 0.717) is 0 Å². The molecule has 0 amide bonds. The predicted molar refractivity (Wildman–Crippen MR) is 85.0 cm³/mol. The molecule has 0 radical (unpaired) electrons. The third-order valence-electron chi connectivity index (χ3n) is 3.15. The largest absolute Gasteiger partial charge is 0.390 e. The smallest absolute Gasteiger partial charge is 0.270 e. The van der Waals surface area contributed by atoms with E-state index in [4.69, 9.17) is 0 Å². The molecule has 0 aliphatic rings. The average molecular weight is 353 g/mol. The lowest BCUT2D eigenvalue weighted by molar-refractivity contribution is -0.385. The van der Waals surface area contributed by atoms with Gasteiger partial charge in [0.05, 0.1) is 22.5 Å². The minimum Gasteiger partial charge on any atom is -0.390 e. The number of pyridine rings is 1. The molecule has 1 unspecified atom stereocenters. The van der Waals surface area contributed by atoms with Crippen molar-refractivity contribution in [2.75, 3.05) is 6.54 Å². The van der Waals surface area contributed by atoms with Crippen molar-refractivity contribution in [1.82, 2.24) is 9.29 Å². The van der Waals surface area contributed by atoms with Gasteiger partial charge in [-0.05, 0) is 12.1 Å². The molecule has 2 rings (SSSR count). The summed E-state index contributed by atoms with van der Waals surface area (Å²) in [6.07, 6.45) is 0.333. The van der Waals surface area contributed by atoms with E-state index < -0.39 is 21.1 Å². The van der Waals surface area contributed by atoms with Crippen LogP contribution in [-0.4, -0.2) is 35.7 Å². The summed E-state index contributed by atoms with van der Waals surface area (Å²) < 4.78 is 27.6. The van der Waals surface area contributed by atoms with Gasteiger partial charge in [0, 0.05) is 30.9 Å². The second-order valence-electron chi connectivity index (χ2n) is 4.95. The van der Waals surface area contributed by atoms with Gasteiger partial charge in [-0.25, -0.2) is 13.1 Å². The Kier molecular flexibility index (Phi) is 5.44. The molecule has 24 heavy (non-hydrogen) atoms. The second-order valence-corrected chi connectivity index (χ2v) is 6.72. The van der Waals surface area contributed by atoms with Gasteiger partial charge in [0.2, 0.25) is 10.0 Å². The van der Waals surface area contributed by atoms with Gasteiger partial charge < -0.3 is 9.67 Å². The lowest BCUT2D eigenvalue weighted by Gasteiger charge is -2.13. The summed E-state index contributed by atoms with van der Waals surface area (Å²) in [5.41, 5.74) is -0.674. The maximum Gasteiger partial charge on any atom is 0.270 e. The maximum atomic E-state index is 12.1. The van der Waals surface area contributed by atoms with E-state index in [1.807, 2.05) is 0 Å². The first-order valence-electron chi connectivity index (χ1n) is 6.87. The van der Waals surface area contributed by atoms with Gasteiger partial charge >= 0.3 is 0 Å². The number of sulfonamides is 1. The number of nitrogens with zero attached hydrogens (tertiary/aromatic N) is 2. The Bertz CT molecular complexity index is 893. The summed E-state index contributed by atoms with van der Waals surface area (Å²) in [6, 6.07) is 9.06. The molecule has 0 saturated heterocycles. The fraction of sp³-hybridized carbons (Fsp3) is 0.214. The molecule has 1 atom stereocenters. The van der Waals surface area contributed by atoms with Gasteiger partial charge in [-0.1, -0.05) is 12.1 Å². The lowest BCUT2D eigenvalue weighted by Crippen LogP contribution is -2.36. The van der Waals surface area contributed by atoms with E-state index >= 15 is 0 Å². The van der Waals surface area contributed by atoms with Crippen molar-refractivity contribution < 1.29 is 18.4 Å². The quantitative estimate of drug-likeness (QED) is 0.536. The van der Waals surface area contributed by atoms with Gasteiger partial charge in [-0.2, -0.15) is 0 Å². The van der Waals surface area contributed by atoms with Crippen LogP contribution in [-0.2, 0) is 16.6 Å². The summed E-state index contributed by atoms with van der Waals surface area (Å²) in [6.45, 7) is -0.427. The minimum atomic E-state index is -4.02. The first-order valence-corrected chi connectivity index (χ1v) is 8.35. The minimum absolute atomic E-state index is 0.0862. The molecule has 0 aliphatic heterocycles. The summed E-state index contributed by atoms with van der Waals surface area (Å²) >= 11 is 0. The fourth-order valence-electron chi connectivity index (χ4n) is 1.96. The van der Waals surface area contributed by atoms with Gasteiger partial charge in [-0.3, -0.25) is 14.9 Å². The molecule has 0 saturated carbocycles. The molecule has 10 heteroatoms. The number of aliphatic hydroxyl groups is 1. The van der Waals surface area contributed by atoms with Crippen LogP contribution in [0.25, 0.3) is 0 Å². The van der Waals surface area contributed by atoms with Gasteiger partial charge in [0.1, 0.15) is 0 Å². The SMILES string of the molecule is O=c1ccccn1CC(O)CNS(=O)(=O)c1cccc([N+](=O)[O-])c1. The number of hydrogen-bond acceptors (Lipinski definition) is 6. The summed E-state index contributed by atoms with van der Waals surface area (Å²) in [5.74, 6) is 0. The summed E-state index contributed by atoms with van der Waals surface area (Å²) in [4.78, 5) is 21.3. The molecular formula is C14H15N3O6S. The highest BCUT2D eigenvalue weighted by Gasteiger charge is 2.19. The number of nitrogens with one attached hydrogen (secondary N) is 1. The zero-order chi connectivity index (χ0) is 17.7. The molecule has 2 N–H and O–H groups in total. The highest BCUT2D eigenvalue weighted by Crippen LogP contribution is 2.17. The second kappa shape index (κ2) is 7.34. The van der Waals surface area contributed by atoms with Crippen molar-refractivity contribution in [2.45, 2.75) is 17.5 Å². The molecule has 0 bridgehead atoms. The Morgan fingerprint density at radius 3 is 2.67 bits per heavy atom. The van der Waals surface area contributed by atoms with Crippen molar-refractivity contribution in [3.63, 3.8) is 0 Å². The standard InChI is InChI=1S/C14H15N3O6S/c18-12(10-16-7-2-1-6-14(16)19)9-15-24(22,23)13-5-3-4-11(8-13)17(20)21/h1-8,12,15,18H,9-10H2. The van der Waals surface area contributed by atoms with Crippen LogP contribution in [0.2, 0.25) is 0 Å². The van der Waals surface area contributed by atoms with E-state index in [0.717, 1.165) is 6.07 Å². The van der Waals surface area contributed by atoms with E-state index in [2.05, 4.69) is 4.72 Å². The van der Waals surface area contributed by atoms with Crippen LogP contribution in [0, 0.1) is 10.1 Å². The first-order chi connectivity index (χ1) is 11.3. The molecule has 2 aromatic rings. The third-order valence-corrected chi connectivity index (χ3v) is 4.58. The molecule has 1 heterocycles. The topological polar surface area (TPSA) is 132 Å². The number of rotatable bonds is 7. The van der Waals surface area contributed by atoms with Crippen molar-refractivity contribution in [2.24, 2.45) is 0 Å². The van der Waals surface area contributed by atoms with Crippen LogP contribution in [0.3, 0.4) is 0 Å². The normalized spacial score (nSPS) is 12.7. The fourth-order valence-corrected chi connectivity index (χ4v) is 3.07. The lowest BCUT2D eigenvalue weighted by atomic mass is 10.3. The van der Waals surface area contributed by atoms with Gasteiger partial charge in [0.15, 0.2) is 0 Å². The third kappa shape index (κ3) is 4.47. The van der Waals surface area contributed by atoms with E-state index in [-0.39, 0.29) is 29.2 Å². The number of benzene rings is 1. The highest BCUT2D eigenvalue weighted by molar-refractivity contribution is 7.89. The zero-order valence-electron chi connectivity index (χ0n) is 12.4. The van der Waals surface area contributed by atoms with Crippen LogP contribution in [0.4, 0.5) is 5.69 Å². The van der Waals surface area contributed by atoms with Crippen molar-refractivity contribution in [3.05, 3.63) is 69.1 Å².